The molecule has 0 unspecified atom stereocenters. The minimum absolute atomic E-state index is 0.198. The van der Waals surface area contributed by atoms with E-state index in [1.165, 1.54) is 11.0 Å². The monoisotopic (exact) mass is 464 g/mol. The van der Waals surface area contributed by atoms with Crippen LogP contribution in [-0.2, 0) is 0 Å². The van der Waals surface area contributed by atoms with E-state index >= 15 is 0 Å². The molecule has 0 aliphatic carbocycles. The summed E-state index contributed by atoms with van der Waals surface area (Å²) >= 11 is 0. The van der Waals surface area contributed by atoms with Gasteiger partial charge >= 0.3 is 0 Å². The molecule has 0 amide bonds. The van der Waals surface area contributed by atoms with E-state index in [1.807, 2.05) is 30.3 Å². The van der Waals surface area contributed by atoms with Crippen LogP contribution in [-0.4, -0.2) is 42.9 Å². The quantitative estimate of drug-likeness (QED) is 0.363. The maximum Gasteiger partial charge on any atom is 0.269 e. The molecule has 6 aromatic rings. The Bertz CT molecular complexity index is 1640. The molecular weight excluding hydrogens is 448 g/mol. The van der Waals surface area contributed by atoms with Gasteiger partial charge in [-0.25, -0.2) is 4.98 Å². The molecule has 0 bridgehead atoms. The summed E-state index contributed by atoms with van der Waals surface area (Å²) < 4.78 is 17.5. The van der Waals surface area contributed by atoms with Crippen LogP contribution in [0, 0.1) is 0 Å². The standard InChI is InChI=1S/C25H16N6O4/c1-33-18-5-2-16(3-6-18)25(32)31-21-7-4-17(15-8-10-26-11-9-15)12-19(21)28-23(31)22-13-20(30-35-22)24-29-27-14-34-24/h2-14H,1H3. The third-order valence-corrected chi connectivity index (χ3v) is 5.52. The van der Waals surface area contributed by atoms with E-state index < -0.39 is 0 Å². The topological polar surface area (TPSA) is 122 Å². The van der Waals surface area contributed by atoms with E-state index in [4.69, 9.17) is 18.7 Å². The van der Waals surface area contributed by atoms with Gasteiger partial charge in [0.25, 0.3) is 11.8 Å². The van der Waals surface area contributed by atoms with Gasteiger partial charge < -0.3 is 13.7 Å². The highest BCUT2D eigenvalue weighted by Crippen LogP contribution is 2.31. The molecule has 0 saturated carbocycles. The molecule has 0 fully saturated rings. The molecule has 6 rings (SSSR count). The molecular formula is C25H16N6O4. The van der Waals surface area contributed by atoms with Gasteiger partial charge in [0, 0.05) is 24.0 Å². The molecule has 35 heavy (non-hydrogen) atoms. The second-order valence-corrected chi connectivity index (χ2v) is 7.56. The Morgan fingerprint density at radius 3 is 2.54 bits per heavy atom. The Morgan fingerprint density at radius 1 is 0.971 bits per heavy atom. The molecule has 0 aliphatic rings. The van der Waals surface area contributed by atoms with E-state index in [2.05, 4.69) is 20.3 Å². The van der Waals surface area contributed by atoms with Gasteiger partial charge in [-0.2, -0.15) is 0 Å². The minimum atomic E-state index is -0.280. The van der Waals surface area contributed by atoms with Gasteiger partial charge in [0.2, 0.25) is 12.2 Å². The van der Waals surface area contributed by atoms with Crippen molar-refractivity contribution >= 4 is 16.9 Å². The fourth-order valence-corrected chi connectivity index (χ4v) is 3.80. The van der Waals surface area contributed by atoms with Crippen molar-refractivity contribution < 1.29 is 18.5 Å². The average Bonchev–Trinajstić information content (AvgIpc) is 3.68. The van der Waals surface area contributed by atoms with Crippen LogP contribution in [0.5, 0.6) is 5.75 Å². The summed E-state index contributed by atoms with van der Waals surface area (Å²) in [6.07, 6.45) is 4.65. The van der Waals surface area contributed by atoms with Crippen LogP contribution in [0.1, 0.15) is 10.4 Å². The molecule has 0 saturated heterocycles. The summed E-state index contributed by atoms with van der Waals surface area (Å²) in [4.78, 5) is 22.5. The fraction of sp³-hybridized carbons (Fsp3) is 0.0400. The van der Waals surface area contributed by atoms with Crippen LogP contribution < -0.4 is 4.74 Å². The van der Waals surface area contributed by atoms with Crippen molar-refractivity contribution in [1.82, 2.24) is 29.9 Å². The highest BCUT2D eigenvalue weighted by molar-refractivity contribution is 6.04. The van der Waals surface area contributed by atoms with E-state index in [9.17, 15) is 4.79 Å². The molecule has 170 valence electrons. The maximum atomic E-state index is 13.7. The van der Waals surface area contributed by atoms with Gasteiger partial charge in [-0.05, 0) is 59.7 Å². The van der Waals surface area contributed by atoms with Crippen LogP contribution >= 0.6 is 0 Å². The molecule has 0 aliphatic heterocycles. The van der Waals surface area contributed by atoms with E-state index in [-0.39, 0.29) is 17.6 Å². The lowest BCUT2D eigenvalue weighted by atomic mass is 10.1. The SMILES string of the molecule is COc1ccc(C(=O)n2c(-c3cc(-c4nnco4)no3)nc3cc(-c4ccncc4)ccc32)cc1. The molecule has 0 N–H and O–H groups in total. The molecule has 10 nitrogen and oxygen atoms in total. The molecule has 4 aromatic heterocycles. The normalized spacial score (nSPS) is 11.1. The summed E-state index contributed by atoms with van der Waals surface area (Å²) in [5.74, 6) is 1.15. The largest absolute Gasteiger partial charge is 0.497 e. The third kappa shape index (κ3) is 3.62. The Balaban J connectivity index is 1.52. The van der Waals surface area contributed by atoms with Crippen molar-refractivity contribution in [3.8, 4) is 40.0 Å². The van der Waals surface area contributed by atoms with Gasteiger partial charge in [-0.15, -0.1) is 10.2 Å². The average molecular weight is 464 g/mol. The summed E-state index contributed by atoms with van der Waals surface area (Å²) in [6.45, 7) is 0. The smallest absolute Gasteiger partial charge is 0.269 e. The first-order chi connectivity index (χ1) is 17.2. The number of hydrogen-bond donors (Lipinski definition) is 0. The molecule has 0 spiro atoms. The number of pyridine rings is 1. The van der Waals surface area contributed by atoms with E-state index in [0.717, 1.165) is 11.1 Å². The Kier molecular flexibility index (Phi) is 4.88. The van der Waals surface area contributed by atoms with Crippen molar-refractivity contribution in [3.05, 3.63) is 85.0 Å². The number of nitrogens with zero attached hydrogens (tertiary/aromatic N) is 6. The second kappa shape index (κ2) is 8.34. The van der Waals surface area contributed by atoms with Crippen molar-refractivity contribution in [2.24, 2.45) is 0 Å². The molecule has 0 atom stereocenters. The van der Waals surface area contributed by atoms with Gasteiger partial charge in [0.05, 0.1) is 18.1 Å². The zero-order valence-electron chi connectivity index (χ0n) is 18.3. The van der Waals surface area contributed by atoms with Crippen LogP contribution in [0.4, 0.5) is 0 Å². The van der Waals surface area contributed by atoms with Gasteiger partial charge in [0.15, 0.2) is 11.5 Å². The highest BCUT2D eigenvalue weighted by atomic mass is 16.5. The summed E-state index contributed by atoms with van der Waals surface area (Å²) in [7, 11) is 1.57. The molecule has 2 aromatic carbocycles. The highest BCUT2D eigenvalue weighted by Gasteiger charge is 2.24. The van der Waals surface area contributed by atoms with Crippen molar-refractivity contribution in [1.29, 1.82) is 0 Å². The maximum absolute atomic E-state index is 13.7. The second-order valence-electron chi connectivity index (χ2n) is 7.56. The first-order valence-electron chi connectivity index (χ1n) is 10.6. The Labute approximate surface area is 197 Å². The minimum Gasteiger partial charge on any atom is -0.497 e. The third-order valence-electron chi connectivity index (χ3n) is 5.52. The first-order valence-corrected chi connectivity index (χ1v) is 10.6. The van der Waals surface area contributed by atoms with Crippen LogP contribution in [0.15, 0.2) is 88.4 Å². The lowest BCUT2D eigenvalue weighted by Crippen LogP contribution is -2.13. The summed E-state index contributed by atoms with van der Waals surface area (Å²) in [5.41, 5.74) is 3.96. The Morgan fingerprint density at radius 2 is 1.80 bits per heavy atom. The Hall–Kier alpha value is -5.12. The molecule has 0 radical (unpaired) electrons. The number of hydrogen-bond acceptors (Lipinski definition) is 9. The molecule has 4 heterocycles. The van der Waals surface area contributed by atoms with Crippen LogP contribution in [0.3, 0.4) is 0 Å². The van der Waals surface area contributed by atoms with Crippen molar-refractivity contribution in [3.63, 3.8) is 0 Å². The number of aromatic nitrogens is 6. The summed E-state index contributed by atoms with van der Waals surface area (Å²) in [5, 5.41) is 11.5. The zero-order chi connectivity index (χ0) is 23.8. The first kappa shape index (κ1) is 20.5. The van der Waals surface area contributed by atoms with Crippen molar-refractivity contribution in [2.45, 2.75) is 0 Å². The predicted molar refractivity (Wildman–Crippen MR) is 124 cm³/mol. The lowest BCUT2D eigenvalue weighted by Gasteiger charge is -2.08. The van der Waals surface area contributed by atoms with Crippen LogP contribution in [0.2, 0.25) is 0 Å². The predicted octanol–water partition coefficient (Wildman–Crippen LogP) is 4.50. The number of rotatable bonds is 5. The zero-order valence-corrected chi connectivity index (χ0v) is 18.3. The van der Waals surface area contributed by atoms with Gasteiger partial charge in [-0.1, -0.05) is 11.2 Å². The van der Waals surface area contributed by atoms with E-state index in [0.29, 0.717) is 33.9 Å². The van der Waals surface area contributed by atoms with Crippen molar-refractivity contribution in [2.75, 3.05) is 7.11 Å². The number of carbonyl (C=O) groups is 1. The molecule has 10 heteroatoms. The number of benzene rings is 2. The van der Waals surface area contributed by atoms with Gasteiger partial charge in [0.1, 0.15) is 5.75 Å². The number of methoxy groups -OCH3 is 1. The fourth-order valence-electron chi connectivity index (χ4n) is 3.80. The van der Waals surface area contributed by atoms with E-state index in [1.54, 1.807) is 49.8 Å². The lowest BCUT2D eigenvalue weighted by molar-refractivity contribution is 0.0965. The number of ether oxygens (including phenoxy) is 1. The van der Waals surface area contributed by atoms with Gasteiger partial charge in [-0.3, -0.25) is 14.3 Å². The van der Waals surface area contributed by atoms with Crippen LogP contribution in [0.25, 0.3) is 45.3 Å². The number of carbonyl (C=O) groups excluding carboxylic acids is 1. The number of fused-ring (bicyclic) bond motifs is 1. The summed E-state index contributed by atoms with van der Waals surface area (Å²) in [6, 6.07) is 18.0. The number of imidazole rings is 1.